The maximum absolute atomic E-state index is 12.4. The van der Waals surface area contributed by atoms with Gasteiger partial charge in [-0.3, -0.25) is 4.79 Å². The quantitative estimate of drug-likeness (QED) is 0.254. The molecule has 0 heterocycles. The van der Waals surface area contributed by atoms with Gasteiger partial charge in [0, 0.05) is 23.7 Å². The molecule has 30 heavy (non-hydrogen) atoms. The van der Waals surface area contributed by atoms with Crippen LogP contribution in [0.2, 0.25) is 18.1 Å². The summed E-state index contributed by atoms with van der Waals surface area (Å²) >= 11 is 8.30. The van der Waals surface area contributed by atoms with Crippen LogP contribution in [0.3, 0.4) is 0 Å². The van der Waals surface area contributed by atoms with E-state index in [0.29, 0.717) is 22.7 Å². The molecule has 5 heteroatoms. The lowest BCUT2D eigenvalue weighted by Crippen LogP contribution is -2.53. The molecule has 0 aromatic rings. The topological polar surface area (TPSA) is 26.3 Å². The third-order valence-corrected chi connectivity index (χ3v) is 18.8. The number of halogens is 2. The van der Waals surface area contributed by atoms with Crippen LogP contribution in [-0.2, 0) is 9.22 Å². The minimum Gasteiger partial charge on any atom is -0.413 e. The molecule has 170 valence electrons. The van der Waals surface area contributed by atoms with Crippen molar-refractivity contribution in [1.29, 1.82) is 0 Å². The van der Waals surface area contributed by atoms with E-state index in [9.17, 15) is 4.79 Å². The number of carbonyl (C=O) groups excluding carboxylic acids is 1. The molecule has 0 saturated heterocycles. The molecule has 0 aromatic heterocycles. The number of alkyl halides is 2. The summed E-state index contributed by atoms with van der Waals surface area (Å²) in [6.45, 7) is 14.5. The maximum atomic E-state index is 12.4. The molecule has 5 rings (SSSR count). The van der Waals surface area contributed by atoms with Crippen molar-refractivity contribution in [2.45, 2.75) is 113 Å². The number of Topliss-reactive ketones (excluding diaryl/α,β-unsaturated/α-hetero) is 1. The zero-order valence-electron chi connectivity index (χ0n) is 19.7. The summed E-state index contributed by atoms with van der Waals surface area (Å²) in [5, 5.41) is 0.274. The normalized spacial score (nSPS) is 49.7. The monoisotopic (exact) mass is 558 g/mol. The Bertz CT molecular complexity index is 774. The van der Waals surface area contributed by atoms with Gasteiger partial charge in [-0.2, -0.15) is 0 Å². The van der Waals surface area contributed by atoms with Crippen molar-refractivity contribution in [2.75, 3.05) is 0 Å². The van der Waals surface area contributed by atoms with Crippen molar-refractivity contribution in [3.63, 3.8) is 0 Å². The largest absolute Gasteiger partial charge is 0.413 e. The second kappa shape index (κ2) is 6.47. The van der Waals surface area contributed by atoms with Crippen LogP contribution in [0.4, 0.5) is 0 Å². The summed E-state index contributed by atoms with van der Waals surface area (Å²) < 4.78 is 7.08. The van der Waals surface area contributed by atoms with Crippen LogP contribution in [0, 0.1) is 34.0 Å². The molecule has 2 nitrogen and oxygen atoms in total. The summed E-state index contributed by atoms with van der Waals surface area (Å²) in [5.41, 5.74) is 0.824. The van der Waals surface area contributed by atoms with Gasteiger partial charge in [0.1, 0.15) is 5.78 Å². The van der Waals surface area contributed by atoms with E-state index in [1.165, 1.54) is 38.5 Å². The minimum atomic E-state index is -1.76. The number of rotatable bonds is 2. The predicted octanol–water partition coefficient (Wildman–Crippen LogP) is 7.84. The van der Waals surface area contributed by atoms with Crippen molar-refractivity contribution in [2.24, 2.45) is 34.0 Å². The van der Waals surface area contributed by atoms with Crippen LogP contribution >= 0.6 is 31.9 Å². The van der Waals surface area contributed by atoms with Gasteiger partial charge in [-0.25, -0.2) is 0 Å². The first kappa shape index (κ1) is 22.6. The second-order valence-electron chi connectivity index (χ2n) is 13.2. The first-order valence-corrected chi connectivity index (χ1v) is 16.8. The summed E-state index contributed by atoms with van der Waals surface area (Å²) in [4.78, 5) is 12.4. The standard InChI is InChI=1S/C25H40Br2O2Si/c1-21(2,3)30(5,6)29-20-8-7-18-17-10-13-23-15-16(28)9-14-24(23,25(23,26)27)19(17)11-12-22(18,20)4/h17-20H,7-15H2,1-6H3/t17-,18-,19-,20-,22-,23+,24+/m0/s1. The van der Waals surface area contributed by atoms with Gasteiger partial charge >= 0.3 is 0 Å². The lowest BCUT2D eigenvalue weighted by molar-refractivity contribution is -0.128. The zero-order valence-corrected chi connectivity index (χ0v) is 23.9. The van der Waals surface area contributed by atoms with Gasteiger partial charge in [0.05, 0.1) is 9.34 Å². The molecule has 5 saturated carbocycles. The Morgan fingerprint density at radius 2 is 1.70 bits per heavy atom. The van der Waals surface area contributed by atoms with E-state index in [1.54, 1.807) is 0 Å². The highest BCUT2D eigenvalue weighted by atomic mass is 79.9. The molecule has 0 radical (unpaired) electrons. The number of hydrogen-bond donors (Lipinski definition) is 0. The van der Waals surface area contributed by atoms with E-state index in [0.717, 1.165) is 37.0 Å². The van der Waals surface area contributed by atoms with Gasteiger partial charge in [0.15, 0.2) is 8.32 Å². The average Bonchev–Trinajstić information content (AvgIpc) is 2.87. The van der Waals surface area contributed by atoms with Crippen LogP contribution in [0.15, 0.2) is 0 Å². The predicted molar refractivity (Wildman–Crippen MR) is 133 cm³/mol. The Labute approximate surface area is 201 Å². The highest BCUT2D eigenvalue weighted by Crippen LogP contribution is 2.92. The lowest BCUT2D eigenvalue weighted by Gasteiger charge is -2.55. The van der Waals surface area contributed by atoms with Gasteiger partial charge in [0.25, 0.3) is 0 Å². The molecule has 0 N–H and O–H groups in total. The highest BCUT2D eigenvalue weighted by Gasteiger charge is 2.89. The van der Waals surface area contributed by atoms with Crippen molar-refractivity contribution < 1.29 is 9.22 Å². The molecule has 0 spiro atoms. The summed E-state index contributed by atoms with van der Waals surface area (Å²) in [7, 11) is -1.76. The lowest BCUT2D eigenvalue weighted by atomic mass is 9.50. The summed E-state index contributed by atoms with van der Waals surface area (Å²) in [6, 6.07) is 0. The summed E-state index contributed by atoms with van der Waals surface area (Å²) in [6.07, 6.45) is 10.9. The van der Waals surface area contributed by atoms with Crippen LogP contribution in [0.5, 0.6) is 0 Å². The van der Waals surface area contributed by atoms with Crippen molar-refractivity contribution >= 4 is 46.0 Å². The van der Waals surface area contributed by atoms with E-state index in [2.05, 4.69) is 72.6 Å². The van der Waals surface area contributed by atoms with Gasteiger partial charge in [-0.05, 0) is 86.2 Å². The Morgan fingerprint density at radius 1 is 1.00 bits per heavy atom. The Balaban J connectivity index is 1.42. The molecule has 0 unspecified atom stereocenters. The molecule has 0 bridgehead atoms. The van der Waals surface area contributed by atoms with Crippen LogP contribution in [0.1, 0.15) is 85.5 Å². The number of ketones is 1. The fourth-order valence-corrected chi connectivity index (χ4v) is 13.1. The maximum Gasteiger partial charge on any atom is 0.192 e. The molecule has 0 aliphatic heterocycles. The fraction of sp³-hybridized carbons (Fsp3) is 0.960. The van der Waals surface area contributed by atoms with Crippen molar-refractivity contribution in [3.05, 3.63) is 0 Å². The Morgan fingerprint density at radius 3 is 2.37 bits per heavy atom. The Hall–Kier alpha value is 0.807. The number of fused-ring (bicyclic) bond motifs is 3. The second-order valence-corrected chi connectivity index (χ2v) is 21.4. The van der Waals surface area contributed by atoms with Gasteiger partial charge in [-0.1, -0.05) is 59.6 Å². The molecule has 5 fully saturated rings. The third-order valence-electron chi connectivity index (χ3n) is 11.4. The molecular formula is C25H40Br2O2Si. The molecule has 0 amide bonds. The zero-order chi connectivity index (χ0) is 22.0. The average molecular weight is 560 g/mol. The summed E-state index contributed by atoms with van der Waals surface area (Å²) in [5.74, 6) is 2.87. The molecule has 0 aromatic carbocycles. The van der Waals surface area contributed by atoms with Crippen LogP contribution < -0.4 is 0 Å². The smallest absolute Gasteiger partial charge is 0.192 e. The van der Waals surface area contributed by atoms with E-state index < -0.39 is 8.32 Å². The Kier molecular flexibility index (Phi) is 4.88. The fourth-order valence-electron chi connectivity index (χ4n) is 8.76. The van der Waals surface area contributed by atoms with E-state index >= 15 is 0 Å². The first-order chi connectivity index (χ1) is 13.7. The van der Waals surface area contributed by atoms with E-state index in [1.807, 2.05) is 0 Å². The van der Waals surface area contributed by atoms with E-state index in [-0.39, 0.29) is 13.7 Å². The van der Waals surface area contributed by atoms with Crippen LogP contribution in [-0.4, -0.2) is 23.4 Å². The van der Waals surface area contributed by atoms with Crippen molar-refractivity contribution in [1.82, 2.24) is 0 Å². The van der Waals surface area contributed by atoms with Gasteiger partial charge in [0.2, 0.25) is 0 Å². The first-order valence-electron chi connectivity index (χ1n) is 12.3. The van der Waals surface area contributed by atoms with Gasteiger partial charge < -0.3 is 4.43 Å². The minimum absolute atomic E-state index is 0.00500. The molecule has 5 aliphatic rings. The van der Waals surface area contributed by atoms with Crippen molar-refractivity contribution in [3.8, 4) is 0 Å². The molecule has 7 atom stereocenters. The highest BCUT2D eigenvalue weighted by molar-refractivity contribution is 9.25. The molecular weight excluding hydrogens is 520 g/mol. The van der Waals surface area contributed by atoms with E-state index in [4.69, 9.17) is 4.43 Å². The molecule has 5 aliphatic carbocycles. The third kappa shape index (κ3) is 2.53. The van der Waals surface area contributed by atoms with Gasteiger partial charge in [-0.15, -0.1) is 0 Å². The SMILES string of the molecule is CC(C)(C)[Si](C)(C)O[C@H]1CC[C@H]2[C@@H]3CC[C@@]45CC(=O)CC[C@]4([C@H]3CC[C@]12C)C5(Br)Br. The van der Waals surface area contributed by atoms with Crippen LogP contribution in [0.25, 0.3) is 0 Å². The number of carbonyl (C=O) groups is 1. The number of hydrogen-bond acceptors (Lipinski definition) is 2.